The molecular formula is C23H17F3N4O2. The van der Waals surface area contributed by atoms with E-state index in [2.05, 4.69) is 20.4 Å². The number of carbonyl (C=O) groups is 1. The molecule has 9 heteroatoms. The lowest BCUT2D eigenvalue weighted by molar-refractivity contribution is -0.165. The molecular weight excluding hydrogens is 421 g/mol. The van der Waals surface area contributed by atoms with Gasteiger partial charge < -0.3 is 9.84 Å². The van der Waals surface area contributed by atoms with Crippen molar-refractivity contribution in [1.82, 2.24) is 15.1 Å². The fraction of sp³-hybridized carbons (Fsp3) is 0.217. The normalized spacial score (nSPS) is 15.0. The predicted molar refractivity (Wildman–Crippen MR) is 111 cm³/mol. The Kier molecular flexibility index (Phi) is 4.69. The quantitative estimate of drug-likeness (QED) is 0.471. The summed E-state index contributed by atoms with van der Waals surface area (Å²) in [5.41, 5.74) is 2.21. The molecule has 6 nitrogen and oxygen atoms in total. The number of nitrogens with zero attached hydrogens (tertiary/aromatic N) is 3. The second-order valence-corrected chi connectivity index (χ2v) is 7.84. The van der Waals surface area contributed by atoms with Crippen molar-refractivity contribution < 1.29 is 22.5 Å². The van der Waals surface area contributed by atoms with Gasteiger partial charge in [-0.1, -0.05) is 29.4 Å². The Morgan fingerprint density at radius 2 is 1.81 bits per heavy atom. The van der Waals surface area contributed by atoms with E-state index < -0.39 is 17.5 Å². The van der Waals surface area contributed by atoms with Crippen LogP contribution in [0.25, 0.3) is 22.2 Å². The van der Waals surface area contributed by atoms with Crippen LogP contribution in [-0.2, 0) is 16.6 Å². The number of carbonyl (C=O) groups excluding carboxylic acids is 1. The van der Waals surface area contributed by atoms with Gasteiger partial charge in [-0.25, -0.2) is 0 Å². The number of amides is 1. The lowest BCUT2D eigenvalue weighted by Gasteiger charge is -2.14. The number of benzene rings is 1. The highest BCUT2D eigenvalue weighted by atomic mass is 19.4. The Morgan fingerprint density at radius 3 is 2.53 bits per heavy atom. The predicted octanol–water partition coefficient (Wildman–Crippen LogP) is 5.06. The minimum atomic E-state index is -4.40. The second kappa shape index (κ2) is 7.44. The first-order valence-corrected chi connectivity index (χ1v) is 9.98. The van der Waals surface area contributed by atoms with Crippen LogP contribution < -0.4 is 5.32 Å². The molecule has 0 unspecified atom stereocenters. The minimum Gasteiger partial charge on any atom is -0.358 e. The summed E-state index contributed by atoms with van der Waals surface area (Å²) in [5, 5.41) is 6.08. The van der Waals surface area contributed by atoms with E-state index in [1.807, 2.05) is 42.5 Å². The summed E-state index contributed by atoms with van der Waals surface area (Å²) in [4.78, 5) is 21.0. The zero-order valence-corrected chi connectivity index (χ0v) is 16.7. The van der Waals surface area contributed by atoms with Gasteiger partial charge in [-0.05, 0) is 42.2 Å². The molecule has 1 N–H and O–H groups in total. The van der Waals surface area contributed by atoms with Crippen LogP contribution in [0, 0.1) is 0 Å². The first kappa shape index (κ1) is 20.2. The summed E-state index contributed by atoms with van der Waals surface area (Å²) in [6, 6.07) is 14.2. The topological polar surface area (TPSA) is 80.9 Å². The van der Waals surface area contributed by atoms with E-state index in [9.17, 15) is 18.0 Å². The molecule has 3 heterocycles. The Balaban J connectivity index is 1.24. The molecule has 0 spiro atoms. The molecule has 0 aliphatic heterocycles. The zero-order valence-electron chi connectivity index (χ0n) is 16.7. The van der Waals surface area contributed by atoms with Gasteiger partial charge in [-0.15, -0.1) is 0 Å². The lowest BCUT2D eigenvalue weighted by Crippen LogP contribution is -2.28. The van der Waals surface area contributed by atoms with Gasteiger partial charge in [0, 0.05) is 24.0 Å². The largest absolute Gasteiger partial charge is 0.401 e. The summed E-state index contributed by atoms with van der Waals surface area (Å²) >= 11 is 0. The van der Waals surface area contributed by atoms with Crippen molar-refractivity contribution in [3.8, 4) is 11.1 Å². The SMILES string of the molecule is O=C(Cc1ccc(-c2cnc3cccnc3c2)cc1)Nc1cc(C2(C(F)(F)F)CC2)on1. The average molecular weight is 438 g/mol. The van der Waals surface area contributed by atoms with Gasteiger partial charge in [-0.2, -0.15) is 13.2 Å². The molecule has 3 aromatic heterocycles. The number of halogens is 3. The van der Waals surface area contributed by atoms with Crippen molar-refractivity contribution in [2.45, 2.75) is 30.9 Å². The smallest absolute Gasteiger partial charge is 0.358 e. The van der Waals surface area contributed by atoms with E-state index in [4.69, 9.17) is 4.52 Å². The summed E-state index contributed by atoms with van der Waals surface area (Å²) in [6.07, 6.45) is -0.943. The van der Waals surface area contributed by atoms with Crippen molar-refractivity contribution in [2.75, 3.05) is 5.32 Å². The summed E-state index contributed by atoms with van der Waals surface area (Å²) in [6.45, 7) is 0. The molecule has 0 bridgehead atoms. The Labute approximate surface area is 180 Å². The van der Waals surface area contributed by atoms with E-state index in [0.29, 0.717) is 0 Å². The fourth-order valence-corrected chi connectivity index (χ4v) is 3.65. The van der Waals surface area contributed by atoms with Crippen LogP contribution in [-0.4, -0.2) is 27.2 Å². The molecule has 1 saturated carbocycles. The number of rotatable bonds is 5. The zero-order chi connectivity index (χ0) is 22.3. The molecule has 0 saturated heterocycles. The van der Waals surface area contributed by atoms with Crippen LogP contribution in [0.1, 0.15) is 24.2 Å². The highest BCUT2D eigenvalue weighted by Gasteiger charge is 2.66. The molecule has 1 aliphatic carbocycles. The molecule has 4 aromatic rings. The Hall–Kier alpha value is -3.75. The van der Waals surface area contributed by atoms with Gasteiger partial charge >= 0.3 is 6.18 Å². The van der Waals surface area contributed by atoms with Crippen LogP contribution in [0.3, 0.4) is 0 Å². The number of anilines is 1. The van der Waals surface area contributed by atoms with Gasteiger partial charge in [0.2, 0.25) is 5.91 Å². The number of pyridine rings is 2. The monoisotopic (exact) mass is 438 g/mol. The van der Waals surface area contributed by atoms with E-state index in [1.165, 1.54) is 0 Å². The van der Waals surface area contributed by atoms with Crippen molar-refractivity contribution in [2.24, 2.45) is 0 Å². The van der Waals surface area contributed by atoms with E-state index in [1.54, 1.807) is 12.4 Å². The Morgan fingerprint density at radius 1 is 1.03 bits per heavy atom. The molecule has 0 atom stereocenters. The second-order valence-electron chi connectivity index (χ2n) is 7.84. The van der Waals surface area contributed by atoms with Crippen molar-refractivity contribution in [3.63, 3.8) is 0 Å². The first-order valence-electron chi connectivity index (χ1n) is 9.98. The van der Waals surface area contributed by atoms with Crippen molar-refractivity contribution in [3.05, 3.63) is 72.2 Å². The lowest BCUT2D eigenvalue weighted by atomic mass is 10.0. The van der Waals surface area contributed by atoms with Gasteiger partial charge in [0.25, 0.3) is 0 Å². The van der Waals surface area contributed by atoms with E-state index >= 15 is 0 Å². The molecule has 1 fully saturated rings. The van der Waals surface area contributed by atoms with Crippen LogP contribution in [0.2, 0.25) is 0 Å². The van der Waals surface area contributed by atoms with E-state index in [0.717, 1.165) is 33.8 Å². The van der Waals surface area contributed by atoms with Crippen LogP contribution in [0.4, 0.5) is 19.0 Å². The van der Waals surface area contributed by atoms with Crippen LogP contribution in [0.15, 0.2) is 65.4 Å². The number of alkyl halides is 3. The van der Waals surface area contributed by atoms with Gasteiger partial charge in [0.1, 0.15) is 5.41 Å². The van der Waals surface area contributed by atoms with Gasteiger partial charge in [-0.3, -0.25) is 14.8 Å². The maximum absolute atomic E-state index is 13.2. The van der Waals surface area contributed by atoms with Crippen LogP contribution >= 0.6 is 0 Å². The van der Waals surface area contributed by atoms with Gasteiger partial charge in [0.15, 0.2) is 11.6 Å². The molecule has 162 valence electrons. The highest BCUT2D eigenvalue weighted by molar-refractivity contribution is 5.91. The number of nitrogens with one attached hydrogen (secondary N) is 1. The molecule has 5 rings (SSSR count). The van der Waals surface area contributed by atoms with Crippen molar-refractivity contribution in [1.29, 1.82) is 0 Å². The number of hydrogen-bond acceptors (Lipinski definition) is 5. The number of aromatic nitrogens is 3. The van der Waals surface area contributed by atoms with Gasteiger partial charge in [0.05, 0.1) is 17.5 Å². The number of fused-ring (bicyclic) bond motifs is 1. The minimum absolute atomic E-state index is 0.0214. The van der Waals surface area contributed by atoms with E-state index in [-0.39, 0.29) is 30.8 Å². The third-order valence-corrected chi connectivity index (χ3v) is 5.65. The Bertz CT molecular complexity index is 1290. The van der Waals surface area contributed by atoms with Crippen molar-refractivity contribution >= 4 is 22.8 Å². The molecule has 0 radical (unpaired) electrons. The third-order valence-electron chi connectivity index (χ3n) is 5.65. The standard InChI is InChI=1S/C23H17F3N4O2/c24-23(25,26)22(7-8-22)19-12-20(30-32-19)29-21(31)10-14-3-5-15(6-4-14)16-11-18-17(28-13-16)2-1-9-27-18/h1-6,9,11-13H,7-8,10H2,(H,29,30,31). The molecule has 1 aliphatic rings. The summed E-state index contributed by atoms with van der Waals surface area (Å²) < 4.78 is 44.4. The summed E-state index contributed by atoms with van der Waals surface area (Å²) in [7, 11) is 0. The first-order chi connectivity index (χ1) is 15.3. The molecule has 1 amide bonds. The number of hydrogen-bond donors (Lipinski definition) is 1. The summed E-state index contributed by atoms with van der Waals surface area (Å²) in [5.74, 6) is -0.680. The third kappa shape index (κ3) is 3.70. The highest BCUT2D eigenvalue weighted by Crippen LogP contribution is 2.59. The maximum Gasteiger partial charge on any atom is 0.401 e. The van der Waals surface area contributed by atoms with Crippen LogP contribution in [0.5, 0.6) is 0 Å². The fourth-order valence-electron chi connectivity index (χ4n) is 3.65. The average Bonchev–Trinajstić information content (AvgIpc) is 3.48. The molecule has 32 heavy (non-hydrogen) atoms. The molecule has 1 aromatic carbocycles. The maximum atomic E-state index is 13.2.